The molecule has 0 saturated heterocycles. The number of amides is 1. The van der Waals surface area contributed by atoms with Gasteiger partial charge in [-0.2, -0.15) is 0 Å². The molecule has 108 valence electrons. The van der Waals surface area contributed by atoms with Crippen LogP contribution in [0.3, 0.4) is 0 Å². The molecule has 1 amide bonds. The lowest BCUT2D eigenvalue weighted by Gasteiger charge is -2.10. The van der Waals surface area contributed by atoms with E-state index in [9.17, 15) is 14.9 Å². The summed E-state index contributed by atoms with van der Waals surface area (Å²) in [6.07, 6.45) is 0. The Kier molecular flexibility index (Phi) is 4.67. The summed E-state index contributed by atoms with van der Waals surface area (Å²) in [7, 11) is 0. The first kappa shape index (κ1) is 15.6. The van der Waals surface area contributed by atoms with Crippen molar-refractivity contribution in [2.24, 2.45) is 0 Å². The van der Waals surface area contributed by atoms with E-state index in [0.29, 0.717) is 0 Å². The number of non-ortho nitro benzene ring substituents is 1. The van der Waals surface area contributed by atoms with Crippen molar-refractivity contribution in [1.29, 1.82) is 0 Å². The summed E-state index contributed by atoms with van der Waals surface area (Å²) in [6.45, 7) is 0. The first-order chi connectivity index (χ1) is 9.90. The molecule has 0 bridgehead atoms. The van der Waals surface area contributed by atoms with Gasteiger partial charge in [0, 0.05) is 12.1 Å². The standard InChI is InChI=1S/C13H7Cl3N2O3/c14-9-5-4-7(18(20)21)6-8(9)13(19)17-12-10(15)2-1-3-11(12)16/h1-6H,(H,17,19). The summed E-state index contributed by atoms with van der Waals surface area (Å²) >= 11 is 17.8. The fraction of sp³-hybridized carbons (Fsp3) is 0. The first-order valence-electron chi connectivity index (χ1n) is 5.59. The topological polar surface area (TPSA) is 72.2 Å². The highest BCUT2D eigenvalue weighted by Crippen LogP contribution is 2.31. The van der Waals surface area contributed by atoms with E-state index >= 15 is 0 Å². The number of para-hydroxylation sites is 1. The normalized spacial score (nSPS) is 10.2. The van der Waals surface area contributed by atoms with Crippen molar-refractivity contribution in [2.75, 3.05) is 5.32 Å². The minimum atomic E-state index is -0.640. The smallest absolute Gasteiger partial charge is 0.270 e. The number of hydrogen-bond acceptors (Lipinski definition) is 3. The van der Waals surface area contributed by atoms with Crippen LogP contribution in [0.5, 0.6) is 0 Å². The van der Waals surface area contributed by atoms with E-state index in [-0.39, 0.29) is 32.0 Å². The summed E-state index contributed by atoms with van der Waals surface area (Å²) in [5, 5.41) is 13.8. The number of hydrogen-bond donors (Lipinski definition) is 1. The molecular weight excluding hydrogens is 339 g/mol. The maximum atomic E-state index is 12.2. The monoisotopic (exact) mass is 344 g/mol. The molecule has 0 heterocycles. The van der Waals surface area contributed by atoms with Gasteiger partial charge in [-0.3, -0.25) is 14.9 Å². The Morgan fingerprint density at radius 1 is 1.05 bits per heavy atom. The highest BCUT2D eigenvalue weighted by molar-refractivity contribution is 6.40. The molecule has 1 N–H and O–H groups in total. The van der Waals surface area contributed by atoms with E-state index in [1.165, 1.54) is 12.1 Å². The molecule has 0 unspecified atom stereocenters. The van der Waals surface area contributed by atoms with E-state index in [0.717, 1.165) is 6.07 Å². The van der Waals surface area contributed by atoms with Crippen LogP contribution in [0.1, 0.15) is 10.4 Å². The Morgan fingerprint density at radius 2 is 1.67 bits per heavy atom. The number of nitrogens with zero attached hydrogens (tertiary/aromatic N) is 1. The molecule has 0 aromatic heterocycles. The Bertz CT molecular complexity index is 714. The highest BCUT2D eigenvalue weighted by atomic mass is 35.5. The fourth-order valence-corrected chi connectivity index (χ4v) is 2.29. The third-order valence-electron chi connectivity index (χ3n) is 2.61. The van der Waals surface area contributed by atoms with Crippen LogP contribution < -0.4 is 5.32 Å². The Hall–Kier alpha value is -1.82. The van der Waals surface area contributed by atoms with E-state index in [2.05, 4.69) is 5.32 Å². The van der Waals surface area contributed by atoms with Crippen LogP contribution in [0.25, 0.3) is 0 Å². The van der Waals surface area contributed by atoms with Crippen molar-refractivity contribution >= 4 is 52.1 Å². The largest absolute Gasteiger partial charge is 0.319 e. The Balaban J connectivity index is 2.37. The average Bonchev–Trinajstić information content (AvgIpc) is 2.43. The minimum Gasteiger partial charge on any atom is -0.319 e. The number of rotatable bonds is 3. The van der Waals surface area contributed by atoms with Crippen molar-refractivity contribution in [3.8, 4) is 0 Å². The van der Waals surface area contributed by atoms with Gasteiger partial charge in [-0.15, -0.1) is 0 Å². The van der Waals surface area contributed by atoms with E-state index in [1.807, 2.05) is 0 Å². The number of nitro benzene ring substituents is 1. The Labute approximate surface area is 134 Å². The fourth-order valence-electron chi connectivity index (χ4n) is 1.60. The number of benzene rings is 2. The van der Waals surface area contributed by atoms with Crippen LogP contribution in [-0.2, 0) is 0 Å². The van der Waals surface area contributed by atoms with Crippen LogP contribution >= 0.6 is 34.8 Å². The molecule has 0 saturated carbocycles. The second-order valence-electron chi connectivity index (χ2n) is 3.97. The zero-order valence-corrected chi connectivity index (χ0v) is 12.5. The third-order valence-corrected chi connectivity index (χ3v) is 3.57. The number of carbonyl (C=O) groups excluding carboxylic acids is 1. The summed E-state index contributed by atoms with van der Waals surface area (Å²) in [5.41, 5.74) is -0.0648. The van der Waals surface area contributed by atoms with Crippen molar-refractivity contribution in [1.82, 2.24) is 0 Å². The van der Waals surface area contributed by atoms with Crippen LogP contribution in [0.15, 0.2) is 36.4 Å². The zero-order valence-electron chi connectivity index (χ0n) is 10.3. The summed E-state index contributed by atoms with van der Waals surface area (Å²) in [5.74, 6) is -0.640. The van der Waals surface area contributed by atoms with Gasteiger partial charge in [0.15, 0.2) is 0 Å². The number of nitro groups is 1. The van der Waals surface area contributed by atoms with Gasteiger partial charge in [-0.25, -0.2) is 0 Å². The maximum Gasteiger partial charge on any atom is 0.270 e. The van der Waals surface area contributed by atoms with Gasteiger partial charge >= 0.3 is 0 Å². The second-order valence-corrected chi connectivity index (χ2v) is 5.19. The third kappa shape index (κ3) is 3.44. The second kappa shape index (κ2) is 6.30. The van der Waals surface area contributed by atoms with Gasteiger partial charge in [0.05, 0.1) is 31.2 Å². The quantitative estimate of drug-likeness (QED) is 0.641. The molecule has 8 heteroatoms. The van der Waals surface area contributed by atoms with Crippen LogP contribution in [0, 0.1) is 10.1 Å². The zero-order chi connectivity index (χ0) is 15.6. The predicted octanol–water partition coefficient (Wildman–Crippen LogP) is 4.81. The number of nitrogens with one attached hydrogen (secondary N) is 1. The minimum absolute atomic E-state index is 0.0400. The number of halogens is 3. The molecule has 2 rings (SSSR count). The van der Waals surface area contributed by atoms with Gasteiger partial charge in [0.1, 0.15) is 0 Å². The molecule has 21 heavy (non-hydrogen) atoms. The van der Waals surface area contributed by atoms with Crippen molar-refractivity contribution in [2.45, 2.75) is 0 Å². The average molecular weight is 346 g/mol. The van der Waals surface area contributed by atoms with E-state index in [1.54, 1.807) is 18.2 Å². The van der Waals surface area contributed by atoms with Crippen molar-refractivity contribution in [3.05, 3.63) is 67.1 Å². The van der Waals surface area contributed by atoms with Gasteiger partial charge in [-0.1, -0.05) is 40.9 Å². The lowest BCUT2D eigenvalue weighted by atomic mass is 10.2. The highest BCUT2D eigenvalue weighted by Gasteiger charge is 2.17. The molecule has 2 aromatic rings. The van der Waals surface area contributed by atoms with Gasteiger partial charge < -0.3 is 5.32 Å². The summed E-state index contributed by atoms with van der Waals surface area (Å²) in [4.78, 5) is 22.3. The first-order valence-corrected chi connectivity index (χ1v) is 6.73. The molecule has 5 nitrogen and oxygen atoms in total. The van der Waals surface area contributed by atoms with E-state index < -0.39 is 10.8 Å². The maximum absolute atomic E-state index is 12.2. The van der Waals surface area contributed by atoms with Crippen LogP contribution in [0.2, 0.25) is 15.1 Å². The van der Waals surface area contributed by atoms with Gasteiger partial charge in [0.2, 0.25) is 0 Å². The summed E-state index contributed by atoms with van der Waals surface area (Å²) < 4.78 is 0. The molecule has 0 atom stereocenters. The molecule has 0 aliphatic rings. The summed E-state index contributed by atoms with van der Waals surface area (Å²) in [6, 6.07) is 8.31. The van der Waals surface area contributed by atoms with Crippen molar-refractivity contribution in [3.63, 3.8) is 0 Å². The van der Waals surface area contributed by atoms with Crippen molar-refractivity contribution < 1.29 is 9.72 Å². The Morgan fingerprint density at radius 3 is 2.24 bits per heavy atom. The molecule has 0 aliphatic heterocycles. The molecule has 0 fully saturated rings. The molecule has 0 radical (unpaired) electrons. The lowest BCUT2D eigenvalue weighted by Crippen LogP contribution is -2.13. The van der Waals surface area contributed by atoms with Gasteiger partial charge in [-0.05, 0) is 18.2 Å². The number of carbonyl (C=O) groups is 1. The predicted molar refractivity (Wildman–Crippen MR) is 82.5 cm³/mol. The molecule has 0 aliphatic carbocycles. The van der Waals surface area contributed by atoms with Crippen LogP contribution in [0.4, 0.5) is 11.4 Å². The molecule has 2 aromatic carbocycles. The SMILES string of the molecule is O=C(Nc1c(Cl)cccc1Cl)c1cc([N+](=O)[O-])ccc1Cl. The van der Waals surface area contributed by atoms with Crippen LogP contribution in [-0.4, -0.2) is 10.8 Å². The lowest BCUT2D eigenvalue weighted by molar-refractivity contribution is -0.384. The number of anilines is 1. The molecule has 0 spiro atoms. The van der Waals surface area contributed by atoms with Gasteiger partial charge in [0.25, 0.3) is 11.6 Å². The molecular formula is C13H7Cl3N2O3. The van der Waals surface area contributed by atoms with E-state index in [4.69, 9.17) is 34.8 Å².